The Morgan fingerprint density at radius 2 is 2.20 bits per heavy atom. The molecule has 0 radical (unpaired) electrons. The molecule has 0 saturated carbocycles. The number of methoxy groups -OCH3 is 1. The minimum Gasteiger partial charge on any atom is -0.481 e. The number of benzene rings is 1. The number of nitriles is 1. The fourth-order valence-electron chi connectivity index (χ4n) is 1.80. The van der Waals surface area contributed by atoms with Gasteiger partial charge in [-0.25, -0.2) is 4.98 Å². The Morgan fingerprint density at radius 1 is 1.35 bits per heavy atom. The van der Waals surface area contributed by atoms with E-state index in [1.54, 1.807) is 25.1 Å². The van der Waals surface area contributed by atoms with Gasteiger partial charge in [0.15, 0.2) is 0 Å². The zero-order valence-electron chi connectivity index (χ0n) is 11.4. The summed E-state index contributed by atoms with van der Waals surface area (Å²) in [5.74, 6) is 0.593. The van der Waals surface area contributed by atoms with Gasteiger partial charge in [-0.1, -0.05) is 12.1 Å². The first-order chi connectivity index (χ1) is 9.78. The normalized spacial score (nSPS) is 9.85. The van der Waals surface area contributed by atoms with Gasteiger partial charge in [0, 0.05) is 23.7 Å². The summed E-state index contributed by atoms with van der Waals surface area (Å²) < 4.78 is 5.02. The highest BCUT2D eigenvalue weighted by atomic mass is 32.2. The molecule has 0 unspecified atom stereocenters. The van der Waals surface area contributed by atoms with E-state index in [0.717, 1.165) is 16.1 Å². The Morgan fingerprint density at radius 3 is 2.80 bits per heavy atom. The maximum atomic E-state index is 9.26. The van der Waals surface area contributed by atoms with Crippen LogP contribution in [-0.2, 0) is 6.54 Å². The summed E-state index contributed by atoms with van der Waals surface area (Å²) in [5.41, 5.74) is 2.56. The highest BCUT2D eigenvalue weighted by molar-refractivity contribution is 7.98. The van der Waals surface area contributed by atoms with E-state index in [1.807, 2.05) is 36.6 Å². The number of rotatable bonds is 5. The van der Waals surface area contributed by atoms with Crippen molar-refractivity contribution in [2.45, 2.75) is 11.4 Å². The van der Waals surface area contributed by atoms with E-state index in [2.05, 4.69) is 16.4 Å². The number of nitrogens with zero attached hydrogens (tertiary/aromatic N) is 2. The zero-order valence-corrected chi connectivity index (χ0v) is 12.2. The van der Waals surface area contributed by atoms with Crippen molar-refractivity contribution in [2.75, 3.05) is 18.7 Å². The van der Waals surface area contributed by atoms with Gasteiger partial charge in [-0.2, -0.15) is 5.26 Å². The first-order valence-electron chi connectivity index (χ1n) is 6.08. The number of hydrogen-bond donors (Lipinski definition) is 1. The molecule has 0 spiro atoms. The maximum absolute atomic E-state index is 9.26. The molecule has 0 saturated heterocycles. The van der Waals surface area contributed by atoms with Gasteiger partial charge in [0.05, 0.1) is 18.4 Å². The van der Waals surface area contributed by atoms with Crippen molar-refractivity contribution in [3.8, 4) is 11.9 Å². The molecule has 1 heterocycles. The lowest BCUT2D eigenvalue weighted by molar-refractivity contribution is 0.397. The average Bonchev–Trinajstić information content (AvgIpc) is 2.52. The molecule has 0 bridgehead atoms. The van der Waals surface area contributed by atoms with E-state index in [0.29, 0.717) is 18.0 Å². The molecule has 5 heteroatoms. The molecule has 102 valence electrons. The molecule has 2 aromatic rings. The number of ether oxygens (including phenoxy) is 1. The maximum Gasteiger partial charge on any atom is 0.212 e. The fraction of sp³-hybridized carbons (Fsp3) is 0.200. The zero-order chi connectivity index (χ0) is 14.4. The summed E-state index contributed by atoms with van der Waals surface area (Å²) in [6.07, 6.45) is 3.73. The van der Waals surface area contributed by atoms with Crippen molar-refractivity contribution in [3.63, 3.8) is 0 Å². The monoisotopic (exact) mass is 285 g/mol. The molecule has 0 amide bonds. The van der Waals surface area contributed by atoms with Crippen molar-refractivity contribution in [1.82, 2.24) is 4.98 Å². The van der Waals surface area contributed by atoms with E-state index < -0.39 is 0 Å². The van der Waals surface area contributed by atoms with Crippen molar-refractivity contribution in [3.05, 3.63) is 47.7 Å². The molecule has 0 aliphatic heterocycles. The fourth-order valence-corrected chi connectivity index (χ4v) is 2.37. The number of thioether (sulfide) groups is 1. The SMILES string of the molecule is COc1ccc(CNc2cccc(SC)c2C#N)cn1. The Kier molecular flexibility index (Phi) is 4.85. The highest BCUT2D eigenvalue weighted by Crippen LogP contribution is 2.26. The molecule has 1 aromatic carbocycles. The topological polar surface area (TPSA) is 57.9 Å². The summed E-state index contributed by atoms with van der Waals surface area (Å²) in [6, 6.07) is 11.8. The van der Waals surface area contributed by atoms with Crippen LogP contribution in [0.1, 0.15) is 11.1 Å². The molecule has 0 atom stereocenters. The van der Waals surface area contributed by atoms with Gasteiger partial charge in [-0.3, -0.25) is 0 Å². The predicted octanol–water partition coefficient (Wildman–Crippen LogP) is 3.30. The van der Waals surface area contributed by atoms with E-state index in [-0.39, 0.29) is 0 Å². The minimum atomic E-state index is 0.593. The quantitative estimate of drug-likeness (QED) is 0.854. The summed E-state index contributed by atoms with van der Waals surface area (Å²) in [7, 11) is 1.59. The van der Waals surface area contributed by atoms with Crippen LogP contribution in [0.5, 0.6) is 5.88 Å². The average molecular weight is 285 g/mol. The van der Waals surface area contributed by atoms with Gasteiger partial charge in [-0.15, -0.1) is 11.8 Å². The van der Waals surface area contributed by atoms with Gasteiger partial charge in [0.2, 0.25) is 5.88 Å². The molecule has 2 rings (SSSR count). The van der Waals surface area contributed by atoms with Crippen molar-refractivity contribution in [1.29, 1.82) is 5.26 Å². The van der Waals surface area contributed by atoms with Crippen molar-refractivity contribution >= 4 is 17.4 Å². The van der Waals surface area contributed by atoms with Gasteiger partial charge >= 0.3 is 0 Å². The van der Waals surface area contributed by atoms with Gasteiger partial charge in [0.25, 0.3) is 0 Å². The third-order valence-electron chi connectivity index (χ3n) is 2.85. The Balaban J connectivity index is 2.12. The largest absolute Gasteiger partial charge is 0.481 e. The van der Waals surface area contributed by atoms with Crippen LogP contribution < -0.4 is 10.1 Å². The molecule has 1 aromatic heterocycles. The number of nitrogens with one attached hydrogen (secondary N) is 1. The molecule has 0 aliphatic rings. The Labute approximate surface area is 122 Å². The van der Waals surface area contributed by atoms with E-state index >= 15 is 0 Å². The van der Waals surface area contributed by atoms with Crippen LogP contribution in [0.4, 0.5) is 5.69 Å². The molecule has 20 heavy (non-hydrogen) atoms. The first-order valence-corrected chi connectivity index (χ1v) is 7.31. The number of anilines is 1. The third kappa shape index (κ3) is 3.22. The second-order valence-electron chi connectivity index (χ2n) is 4.06. The Hall–Kier alpha value is -2.19. The molecule has 0 aliphatic carbocycles. The van der Waals surface area contributed by atoms with E-state index in [1.165, 1.54) is 0 Å². The van der Waals surface area contributed by atoms with Crippen LogP contribution in [0.25, 0.3) is 0 Å². The Bertz CT molecular complexity index is 620. The lowest BCUT2D eigenvalue weighted by Crippen LogP contribution is -2.02. The van der Waals surface area contributed by atoms with Crippen LogP contribution in [0.3, 0.4) is 0 Å². The molecular weight excluding hydrogens is 270 g/mol. The molecule has 4 nitrogen and oxygen atoms in total. The number of aromatic nitrogens is 1. The minimum absolute atomic E-state index is 0.593. The highest BCUT2D eigenvalue weighted by Gasteiger charge is 2.07. The number of pyridine rings is 1. The molecular formula is C15H15N3OS. The summed E-state index contributed by atoms with van der Waals surface area (Å²) in [5, 5.41) is 12.5. The molecule has 1 N–H and O–H groups in total. The van der Waals surface area contributed by atoms with Gasteiger partial charge < -0.3 is 10.1 Å². The summed E-state index contributed by atoms with van der Waals surface area (Å²) >= 11 is 1.57. The second-order valence-corrected chi connectivity index (χ2v) is 4.91. The van der Waals surface area contributed by atoms with Crippen LogP contribution >= 0.6 is 11.8 Å². The van der Waals surface area contributed by atoms with E-state index in [4.69, 9.17) is 4.74 Å². The van der Waals surface area contributed by atoms with Gasteiger partial charge in [0.1, 0.15) is 6.07 Å². The standard InChI is InChI=1S/C15H15N3OS/c1-19-15-7-6-11(10-18-15)9-17-13-4-3-5-14(20-2)12(13)8-16/h3-7,10,17H,9H2,1-2H3. The van der Waals surface area contributed by atoms with Crippen LogP contribution in [0, 0.1) is 11.3 Å². The lowest BCUT2D eigenvalue weighted by atomic mass is 10.2. The van der Waals surface area contributed by atoms with E-state index in [9.17, 15) is 5.26 Å². The van der Waals surface area contributed by atoms with Gasteiger partial charge in [-0.05, 0) is 24.0 Å². The smallest absolute Gasteiger partial charge is 0.212 e. The van der Waals surface area contributed by atoms with Crippen molar-refractivity contribution in [2.24, 2.45) is 0 Å². The van der Waals surface area contributed by atoms with Crippen molar-refractivity contribution < 1.29 is 4.74 Å². The third-order valence-corrected chi connectivity index (χ3v) is 3.63. The molecule has 0 fully saturated rings. The van der Waals surface area contributed by atoms with Crippen LogP contribution in [-0.4, -0.2) is 18.3 Å². The summed E-state index contributed by atoms with van der Waals surface area (Å²) in [4.78, 5) is 5.13. The number of hydrogen-bond acceptors (Lipinski definition) is 5. The summed E-state index contributed by atoms with van der Waals surface area (Å²) in [6.45, 7) is 0.615. The lowest BCUT2D eigenvalue weighted by Gasteiger charge is -2.10. The second kappa shape index (κ2) is 6.83. The van der Waals surface area contributed by atoms with Crippen LogP contribution in [0.2, 0.25) is 0 Å². The predicted molar refractivity (Wildman–Crippen MR) is 81.1 cm³/mol. The first kappa shape index (κ1) is 14.2. The van der Waals surface area contributed by atoms with Crippen LogP contribution in [0.15, 0.2) is 41.4 Å².